The number of carboxylic acid groups (broad SMARTS) is 1. The third-order valence-corrected chi connectivity index (χ3v) is 5.77. The van der Waals surface area contributed by atoms with Crippen LogP contribution in [0.5, 0.6) is 0 Å². The van der Waals surface area contributed by atoms with Gasteiger partial charge in [-0.25, -0.2) is 8.42 Å². The molecule has 1 aliphatic carbocycles. The van der Waals surface area contributed by atoms with E-state index in [9.17, 15) is 13.2 Å². The minimum Gasteiger partial charge on any atom is -0.481 e. The summed E-state index contributed by atoms with van der Waals surface area (Å²) in [4.78, 5) is 11.1. The van der Waals surface area contributed by atoms with E-state index >= 15 is 0 Å². The molecule has 19 heavy (non-hydrogen) atoms. The summed E-state index contributed by atoms with van der Waals surface area (Å²) in [5.41, 5.74) is 0. The number of methoxy groups -OCH3 is 1. The fourth-order valence-electron chi connectivity index (χ4n) is 2.42. The van der Waals surface area contributed by atoms with E-state index in [1.54, 1.807) is 0 Å². The van der Waals surface area contributed by atoms with Gasteiger partial charge in [-0.15, -0.1) is 6.58 Å². The molecule has 1 rings (SSSR count). The van der Waals surface area contributed by atoms with E-state index in [1.807, 2.05) is 0 Å². The van der Waals surface area contributed by atoms with Gasteiger partial charge in [0.15, 0.2) is 0 Å². The Hall–Kier alpha value is -0.920. The Labute approximate surface area is 114 Å². The zero-order chi connectivity index (χ0) is 14.5. The first-order valence-electron chi connectivity index (χ1n) is 6.26. The molecule has 0 aliphatic heterocycles. The van der Waals surface area contributed by atoms with Crippen LogP contribution in [0.3, 0.4) is 0 Å². The number of carboxylic acids is 1. The van der Waals surface area contributed by atoms with Crippen molar-refractivity contribution in [2.24, 2.45) is 5.92 Å². The van der Waals surface area contributed by atoms with Crippen LogP contribution >= 0.6 is 0 Å². The third-order valence-electron chi connectivity index (χ3n) is 3.39. The van der Waals surface area contributed by atoms with Gasteiger partial charge in [0.05, 0.1) is 17.8 Å². The number of carbonyl (C=O) groups is 1. The van der Waals surface area contributed by atoms with Crippen LogP contribution in [0.2, 0.25) is 0 Å². The zero-order valence-corrected chi connectivity index (χ0v) is 11.9. The summed E-state index contributed by atoms with van der Waals surface area (Å²) in [7, 11) is -2.13. The maximum absolute atomic E-state index is 12.5. The highest BCUT2D eigenvalue weighted by Crippen LogP contribution is 2.33. The molecular formula is C12H21NO5S. The standard InChI is InChI=1S/C12H21NO5S/c1-3-7-13(8-9-18-2)19(16,17)11-6-4-5-10(11)12(14)15/h3,10-11H,1,4-9H2,2H3,(H,14,15). The average molecular weight is 291 g/mol. The third kappa shape index (κ3) is 3.77. The second kappa shape index (κ2) is 7.02. The molecule has 0 aromatic rings. The van der Waals surface area contributed by atoms with Gasteiger partial charge in [-0.2, -0.15) is 4.31 Å². The Kier molecular flexibility index (Phi) is 5.96. The van der Waals surface area contributed by atoms with E-state index in [4.69, 9.17) is 9.84 Å². The van der Waals surface area contributed by atoms with Crippen molar-refractivity contribution in [2.45, 2.75) is 24.5 Å². The van der Waals surface area contributed by atoms with Crippen LogP contribution < -0.4 is 0 Å². The van der Waals surface area contributed by atoms with Gasteiger partial charge in [0.1, 0.15) is 0 Å². The Morgan fingerprint density at radius 1 is 1.53 bits per heavy atom. The molecule has 0 saturated heterocycles. The summed E-state index contributed by atoms with van der Waals surface area (Å²) in [5, 5.41) is 8.28. The SMILES string of the molecule is C=CCN(CCOC)S(=O)(=O)C1CCCC1C(=O)O. The highest BCUT2D eigenvalue weighted by Gasteiger charge is 2.43. The van der Waals surface area contributed by atoms with Crippen molar-refractivity contribution < 1.29 is 23.1 Å². The van der Waals surface area contributed by atoms with Crippen molar-refractivity contribution in [3.05, 3.63) is 12.7 Å². The molecule has 1 N–H and O–H groups in total. The molecule has 0 aromatic carbocycles. The van der Waals surface area contributed by atoms with E-state index in [2.05, 4.69) is 6.58 Å². The second-order valence-corrected chi connectivity index (χ2v) is 6.75. The smallest absolute Gasteiger partial charge is 0.307 e. The van der Waals surface area contributed by atoms with Gasteiger partial charge in [0, 0.05) is 20.2 Å². The predicted molar refractivity (Wildman–Crippen MR) is 71.3 cm³/mol. The van der Waals surface area contributed by atoms with E-state index < -0.39 is 27.2 Å². The second-order valence-electron chi connectivity index (χ2n) is 4.60. The molecule has 1 saturated carbocycles. The van der Waals surface area contributed by atoms with Crippen molar-refractivity contribution in [1.29, 1.82) is 0 Å². The number of sulfonamides is 1. The van der Waals surface area contributed by atoms with E-state index in [1.165, 1.54) is 17.5 Å². The molecule has 1 aliphatic rings. The van der Waals surface area contributed by atoms with Gasteiger partial charge < -0.3 is 9.84 Å². The summed E-state index contributed by atoms with van der Waals surface area (Å²) in [6, 6.07) is 0. The quantitative estimate of drug-likeness (QED) is 0.666. The fraction of sp³-hybridized carbons (Fsp3) is 0.750. The molecule has 2 atom stereocenters. The average Bonchev–Trinajstić information content (AvgIpc) is 2.84. The van der Waals surface area contributed by atoms with Crippen LogP contribution in [0, 0.1) is 5.92 Å². The monoisotopic (exact) mass is 291 g/mol. The highest BCUT2D eigenvalue weighted by molar-refractivity contribution is 7.89. The summed E-state index contributed by atoms with van der Waals surface area (Å²) < 4.78 is 31.2. The molecule has 0 heterocycles. The molecule has 2 unspecified atom stereocenters. The van der Waals surface area contributed by atoms with Crippen LogP contribution in [0.25, 0.3) is 0 Å². The number of aliphatic carboxylic acids is 1. The molecule has 1 fully saturated rings. The molecule has 6 nitrogen and oxygen atoms in total. The van der Waals surface area contributed by atoms with E-state index in [-0.39, 0.29) is 19.7 Å². The molecular weight excluding hydrogens is 270 g/mol. The number of nitrogens with zero attached hydrogens (tertiary/aromatic N) is 1. The summed E-state index contributed by atoms with van der Waals surface area (Å²) >= 11 is 0. The minimum atomic E-state index is -3.63. The molecule has 0 aromatic heterocycles. The molecule has 0 radical (unpaired) electrons. The van der Waals surface area contributed by atoms with Crippen molar-refractivity contribution in [1.82, 2.24) is 4.31 Å². The lowest BCUT2D eigenvalue weighted by molar-refractivity contribution is -0.141. The minimum absolute atomic E-state index is 0.175. The van der Waals surface area contributed by atoms with Crippen molar-refractivity contribution >= 4 is 16.0 Å². The van der Waals surface area contributed by atoms with Crippen LogP contribution in [-0.2, 0) is 19.6 Å². The topological polar surface area (TPSA) is 83.9 Å². The summed E-state index contributed by atoms with van der Waals surface area (Å²) in [5.74, 6) is -1.84. The lowest BCUT2D eigenvalue weighted by Gasteiger charge is -2.26. The zero-order valence-electron chi connectivity index (χ0n) is 11.1. The Morgan fingerprint density at radius 2 is 2.21 bits per heavy atom. The van der Waals surface area contributed by atoms with Gasteiger partial charge in [-0.1, -0.05) is 12.5 Å². The Bertz CT molecular complexity index is 420. The maximum atomic E-state index is 12.5. The van der Waals surface area contributed by atoms with Crippen LogP contribution in [0.15, 0.2) is 12.7 Å². The lowest BCUT2D eigenvalue weighted by atomic mass is 10.1. The number of ether oxygens (including phenoxy) is 1. The van der Waals surface area contributed by atoms with Gasteiger partial charge in [-0.05, 0) is 12.8 Å². The molecule has 0 bridgehead atoms. The summed E-state index contributed by atoms with van der Waals surface area (Å²) in [6.45, 7) is 4.21. The first-order valence-corrected chi connectivity index (χ1v) is 7.77. The molecule has 0 spiro atoms. The van der Waals surface area contributed by atoms with Gasteiger partial charge in [-0.3, -0.25) is 4.79 Å². The number of rotatable bonds is 8. The number of hydrogen-bond donors (Lipinski definition) is 1. The Balaban J connectivity index is 2.91. The van der Waals surface area contributed by atoms with Crippen molar-refractivity contribution in [3.63, 3.8) is 0 Å². The highest BCUT2D eigenvalue weighted by atomic mass is 32.2. The van der Waals surface area contributed by atoms with Crippen LogP contribution in [0.4, 0.5) is 0 Å². The lowest BCUT2D eigenvalue weighted by Crippen LogP contribution is -2.43. The van der Waals surface area contributed by atoms with Crippen molar-refractivity contribution in [2.75, 3.05) is 26.8 Å². The predicted octanol–water partition coefficient (Wildman–Crippen LogP) is 0.704. The first kappa shape index (κ1) is 16.1. The molecule has 0 amide bonds. The van der Waals surface area contributed by atoms with Crippen LogP contribution in [-0.4, -0.2) is 55.9 Å². The van der Waals surface area contributed by atoms with Gasteiger partial charge in [0.25, 0.3) is 0 Å². The largest absolute Gasteiger partial charge is 0.481 e. The van der Waals surface area contributed by atoms with Crippen molar-refractivity contribution in [3.8, 4) is 0 Å². The maximum Gasteiger partial charge on any atom is 0.307 e. The van der Waals surface area contributed by atoms with E-state index in [0.717, 1.165) is 0 Å². The fourth-order valence-corrected chi connectivity index (χ4v) is 4.57. The summed E-state index contributed by atoms with van der Waals surface area (Å²) in [6.07, 6.45) is 2.95. The molecule has 7 heteroatoms. The van der Waals surface area contributed by atoms with Gasteiger partial charge >= 0.3 is 5.97 Å². The normalized spacial score (nSPS) is 23.7. The van der Waals surface area contributed by atoms with E-state index in [0.29, 0.717) is 19.3 Å². The first-order chi connectivity index (χ1) is 8.95. The van der Waals surface area contributed by atoms with Crippen LogP contribution in [0.1, 0.15) is 19.3 Å². The molecule has 110 valence electrons. The number of hydrogen-bond acceptors (Lipinski definition) is 4. The van der Waals surface area contributed by atoms with Gasteiger partial charge in [0.2, 0.25) is 10.0 Å². The Morgan fingerprint density at radius 3 is 2.74 bits per heavy atom.